The number of anilines is 1. The van der Waals surface area contributed by atoms with Gasteiger partial charge in [-0.3, -0.25) is 9.78 Å². The van der Waals surface area contributed by atoms with Gasteiger partial charge in [0.05, 0.1) is 24.9 Å². The summed E-state index contributed by atoms with van der Waals surface area (Å²) in [5, 5.41) is 2.44. The van der Waals surface area contributed by atoms with Gasteiger partial charge in [0, 0.05) is 12.8 Å². The molecule has 0 saturated heterocycles. The van der Waals surface area contributed by atoms with Crippen LogP contribution in [0, 0.1) is 5.82 Å². The van der Waals surface area contributed by atoms with Gasteiger partial charge in [0.2, 0.25) is 5.91 Å². The van der Waals surface area contributed by atoms with Crippen LogP contribution in [0.25, 0.3) is 0 Å². The second-order valence-corrected chi connectivity index (χ2v) is 2.85. The van der Waals surface area contributed by atoms with E-state index in [0.717, 1.165) is 6.20 Å². The fraction of sp³-hybridized carbons (Fsp3) is 0.400. The Bertz CT molecular complexity index is 331. The maximum atomic E-state index is 13.0. The van der Waals surface area contributed by atoms with Crippen LogP contribution in [0.3, 0.4) is 0 Å². The standard InChI is InChI=1S/C10H13FN2O2/c1-2-15-6-4-10(14)13-9-3-5-12-7-8(9)11/h3,5,7H,2,4,6H2,1H3,(H,12,13,14). The molecule has 15 heavy (non-hydrogen) atoms. The molecule has 1 amide bonds. The smallest absolute Gasteiger partial charge is 0.226 e. The van der Waals surface area contributed by atoms with Crippen LogP contribution in [-0.4, -0.2) is 24.1 Å². The van der Waals surface area contributed by atoms with Gasteiger partial charge in [0.25, 0.3) is 0 Å². The Labute approximate surface area is 87.5 Å². The van der Waals surface area contributed by atoms with Crippen LogP contribution >= 0.6 is 0 Å². The molecule has 0 aliphatic rings. The minimum Gasteiger partial charge on any atom is -0.381 e. The van der Waals surface area contributed by atoms with Gasteiger partial charge in [0.1, 0.15) is 0 Å². The fourth-order valence-corrected chi connectivity index (χ4v) is 0.998. The Morgan fingerprint density at radius 1 is 1.67 bits per heavy atom. The molecule has 82 valence electrons. The summed E-state index contributed by atoms with van der Waals surface area (Å²) in [6.07, 6.45) is 2.69. The first-order valence-electron chi connectivity index (χ1n) is 4.71. The minimum atomic E-state index is -0.540. The van der Waals surface area contributed by atoms with Crippen molar-refractivity contribution in [3.8, 4) is 0 Å². The van der Waals surface area contributed by atoms with Crippen molar-refractivity contribution in [1.82, 2.24) is 4.98 Å². The molecule has 1 N–H and O–H groups in total. The number of nitrogens with zero attached hydrogens (tertiary/aromatic N) is 1. The fourth-order valence-electron chi connectivity index (χ4n) is 0.998. The second kappa shape index (κ2) is 6.08. The molecule has 1 rings (SSSR count). The number of amides is 1. The van der Waals surface area contributed by atoms with Gasteiger partial charge in [-0.25, -0.2) is 4.39 Å². The predicted molar refractivity (Wildman–Crippen MR) is 53.9 cm³/mol. The molecule has 0 saturated carbocycles. The van der Waals surface area contributed by atoms with E-state index < -0.39 is 5.82 Å². The maximum Gasteiger partial charge on any atom is 0.226 e. The van der Waals surface area contributed by atoms with Crippen LogP contribution in [0.2, 0.25) is 0 Å². The normalized spacial score (nSPS) is 10.0. The number of carbonyl (C=O) groups excluding carboxylic acids is 1. The SMILES string of the molecule is CCOCCC(=O)Nc1ccncc1F. The van der Waals surface area contributed by atoms with Gasteiger partial charge in [-0.2, -0.15) is 0 Å². The van der Waals surface area contributed by atoms with Gasteiger partial charge in [-0.15, -0.1) is 0 Å². The number of hydrogen-bond acceptors (Lipinski definition) is 3. The quantitative estimate of drug-likeness (QED) is 0.754. The Kier molecular flexibility index (Phi) is 4.70. The molecule has 0 atom stereocenters. The topological polar surface area (TPSA) is 51.2 Å². The Hall–Kier alpha value is -1.49. The van der Waals surface area contributed by atoms with E-state index in [0.29, 0.717) is 13.2 Å². The molecule has 0 radical (unpaired) electrons. The summed E-state index contributed by atoms with van der Waals surface area (Å²) in [7, 11) is 0. The van der Waals surface area contributed by atoms with Gasteiger partial charge < -0.3 is 10.1 Å². The first-order valence-corrected chi connectivity index (χ1v) is 4.71. The molecule has 0 spiro atoms. The summed E-state index contributed by atoms with van der Waals surface area (Å²) in [4.78, 5) is 14.8. The highest BCUT2D eigenvalue weighted by molar-refractivity contribution is 5.90. The lowest BCUT2D eigenvalue weighted by Gasteiger charge is -2.05. The first-order chi connectivity index (χ1) is 7.24. The number of hydrogen-bond donors (Lipinski definition) is 1. The maximum absolute atomic E-state index is 13.0. The van der Waals surface area contributed by atoms with Crippen molar-refractivity contribution in [3.63, 3.8) is 0 Å². The third-order valence-electron chi connectivity index (χ3n) is 1.72. The molecule has 1 aromatic heterocycles. The Balaban J connectivity index is 2.41. The van der Waals surface area contributed by atoms with Crippen LogP contribution < -0.4 is 5.32 Å². The number of nitrogens with one attached hydrogen (secondary N) is 1. The molecule has 0 aromatic carbocycles. The lowest BCUT2D eigenvalue weighted by atomic mass is 10.3. The number of aromatic nitrogens is 1. The molecule has 4 nitrogen and oxygen atoms in total. The number of halogens is 1. The van der Waals surface area contributed by atoms with E-state index in [1.807, 2.05) is 6.92 Å². The largest absolute Gasteiger partial charge is 0.381 e. The van der Waals surface area contributed by atoms with Gasteiger partial charge in [0.15, 0.2) is 5.82 Å². The average molecular weight is 212 g/mol. The monoisotopic (exact) mass is 212 g/mol. The molecule has 1 aromatic rings. The van der Waals surface area contributed by atoms with E-state index in [-0.39, 0.29) is 18.0 Å². The summed E-state index contributed by atoms with van der Waals surface area (Å²) in [5.74, 6) is -0.809. The molecule has 0 bridgehead atoms. The molecule has 5 heteroatoms. The molecule has 0 aliphatic heterocycles. The molecular formula is C10H13FN2O2. The molecule has 1 heterocycles. The summed E-state index contributed by atoms with van der Waals surface area (Å²) in [6, 6.07) is 1.41. The molecular weight excluding hydrogens is 199 g/mol. The zero-order chi connectivity index (χ0) is 11.1. The summed E-state index contributed by atoms with van der Waals surface area (Å²) in [6.45, 7) is 2.76. The zero-order valence-electron chi connectivity index (χ0n) is 8.50. The molecule has 0 fully saturated rings. The number of ether oxygens (including phenoxy) is 1. The minimum absolute atomic E-state index is 0.145. The van der Waals surface area contributed by atoms with E-state index in [1.165, 1.54) is 12.3 Å². The Morgan fingerprint density at radius 2 is 2.47 bits per heavy atom. The highest BCUT2D eigenvalue weighted by Gasteiger charge is 2.05. The molecule has 0 unspecified atom stereocenters. The van der Waals surface area contributed by atoms with E-state index in [4.69, 9.17) is 4.74 Å². The predicted octanol–water partition coefficient (Wildman–Crippen LogP) is 1.59. The number of rotatable bonds is 5. The van der Waals surface area contributed by atoms with E-state index in [2.05, 4.69) is 10.3 Å². The van der Waals surface area contributed by atoms with Crippen LogP contribution in [0.15, 0.2) is 18.5 Å². The van der Waals surface area contributed by atoms with Gasteiger partial charge in [-0.05, 0) is 13.0 Å². The van der Waals surface area contributed by atoms with Crippen molar-refractivity contribution < 1.29 is 13.9 Å². The first kappa shape index (κ1) is 11.6. The van der Waals surface area contributed by atoms with E-state index >= 15 is 0 Å². The van der Waals surface area contributed by atoms with Crippen LogP contribution in [0.4, 0.5) is 10.1 Å². The second-order valence-electron chi connectivity index (χ2n) is 2.85. The highest BCUT2D eigenvalue weighted by Crippen LogP contribution is 2.10. The third-order valence-corrected chi connectivity index (χ3v) is 1.72. The Morgan fingerprint density at radius 3 is 3.13 bits per heavy atom. The van der Waals surface area contributed by atoms with Crippen molar-refractivity contribution in [2.45, 2.75) is 13.3 Å². The summed E-state index contributed by atoms with van der Waals surface area (Å²) >= 11 is 0. The van der Waals surface area contributed by atoms with Crippen LogP contribution in [-0.2, 0) is 9.53 Å². The molecule has 0 aliphatic carbocycles. The van der Waals surface area contributed by atoms with Gasteiger partial charge >= 0.3 is 0 Å². The van der Waals surface area contributed by atoms with E-state index in [1.54, 1.807) is 0 Å². The lowest BCUT2D eigenvalue weighted by Crippen LogP contribution is -2.15. The average Bonchev–Trinajstić information content (AvgIpc) is 2.22. The number of carbonyl (C=O) groups is 1. The van der Waals surface area contributed by atoms with Crippen molar-refractivity contribution in [2.24, 2.45) is 0 Å². The highest BCUT2D eigenvalue weighted by atomic mass is 19.1. The number of pyridine rings is 1. The van der Waals surface area contributed by atoms with Crippen LogP contribution in [0.1, 0.15) is 13.3 Å². The lowest BCUT2D eigenvalue weighted by molar-refractivity contribution is -0.117. The summed E-state index contributed by atoms with van der Waals surface area (Å²) < 4.78 is 18.0. The third kappa shape index (κ3) is 4.03. The van der Waals surface area contributed by atoms with Gasteiger partial charge in [-0.1, -0.05) is 0 Å². The van der Waals surface area contributed by atoms with Crippen molar-refractivity contribution >= 4 is 11.6 Å². The zero-order valence-corrected chi connectivity index (χ0v) is 8.50. The van der Waals surface area contributed by atoms with Crippen molar-refractivity contribution in [1.29, 1.82) is 0 Å². The van der Waals surface area contributed by atoms with Crippen molar-refractivity contribution in [2.75, 3.05) is 18.5 Å². The van der Waals surface area contributed by atoms with Crippen LogP contribution in [0.5, 0.6) is 0 Å². The van der Waals surface area contributed by atoms with Crippen molar-refractivity contribution in [3.05, 3.63) is 24.3 Å². The summed E-state index contributed by atoms with van der Waals surface area (Å²) in [5.41, 5.74) is 0.145. The van der Waals surface area contributed by atoms with E-state index in [9.17, 15) is 9.18 Å².